The Morgan fingerprint density at radius 1 is 0.920 bits per heavy atom. The minimum absolute atomic E-state index is 0.106. The van der Waals surface area contributed by atoms with Gasteiger partial charge in [-0.2, -0.15) is 0 Å². The molecular formula is C21H24N2O2. The summed E-state index contributed by atoms with van der Waals surface area (Å²) in [4.78, 5) is 28.2. The van der Waals surface area contributed by atoms with Gasteiger partial charge in [0.2, 0.25) is 11.8 Å². The van der Waals surface area contributed by atoms with Gasteiger partial charge in [0.05, 0.1) is 0 Å². The minimum atomic E-state index is 0.106. The van der Waals surface area contributed by atoms with E-state index in [-0.39, 0.29) is 17.7 Å². The molecule has 4 heteroatoms. The van der Waals surface area contributed by atoms with Gasteiger partial charge in [-0.05, 0) is 35.1 Å². The average Bonchev–Trinajstić information content (AvgIpc) is 3.44. The van der Waals surface area contributed by atoms with E-state index in [0.29, 0.717) is 19.0 Å². The lowest BCUT2D eigenvalue weighted by atomic mass is 10.0. The van der Waals surface area contributed by atoms with Gasteiger partial charge < -0.3 is 9.80 Å². The summed E-state index contributed by atoms with van der Waals surface area (Å²) in [5.74, 6) is 0.840. The lowest BCUT2D eigenvalue weighted by Gasteiger charge is -2.21. The maximum absolute atomic E-state index is 12.9. The van der Waals surface area contributed by atoms with E-state index >= 15 is 0 Å². The van der Waals surface area contributed by atoms with Gasteiger partial charge in [-0.15, -0.1) is 0 Å². The van der Waals surface area contributed by atoms with Crippen LogP contribution in [0.3, 0.4) is 0 Å². The molecule has 0 aromatic heterocycles. The van der Waals surface area contributed by atoms with Gasteiger partial charge in [0.15, 0.2) is 0 Å². The number of nitrogens with zero attached hydrogens (tertiary/aromatic N) is 2. The number of amides is 2. The third-order valence-electron chi connectivity index (χ3n) is 5.56. The van der Waals surface area contributed by atoms with Crippen LogP contribution < -0.4 is 0 Å². The number of hydrogen-bond donors (Lipinski definition) is 0. The van der Waals surface area contributed by atoms with Crippen molar-refractivity contribution in [3.63, 3.8) is 0 Å². The standard InChI is InChI=1S/C21H24N2O2/c1-15(24)22-9-4-10-23(12-11-22)21(25)20-14-19(20)18-8-7-16-5-2-3-6-17(16)13-18/h2-3,5-8,13,19-20H,4,9-12,14H2,1H3. The van der Waals surface area contributed by atoms with Crippen molar-refractivity contribution < 1.29 is 9.59 Å². The van der Waals surface area contributed by atoms with E-state index in [1.54, 1.807) is 6.92 Å². The second-order valence-corrected chi connectivity index (χ2v) is 7.24. The molecule has 130 valence electrons. The van der Waals surface area contributed by atoms with Crippen molar-refractivity contribution in [2.24, 2.45) is 5.92 Å². The molecule has 1 saturated carbocycles. The smallest absolute Gasteiger partial charge is 0.226 e. The fourth-order valence-electron chi connectivity index (χ4n) is 3.96. The predicted octanol–water partition coefficient (Wildman–Crippen LogP) is 3.02. The molecule has 2 amide bonds. The van der Waals surface area contributed by atoms with Crippen LogP contribution in [0.2, 0.25) is 0 Å². The molecule has 1 aliphatic heterocycles. The molecule has 0 radical (unpaired) electrons. The number of benzene rings is 2. The summed E-state index contributed by atoms with van der Waals surface area (Å²) in [7, 11) is 0. The third-order valence-corrected chi connectivity index (χ3v) is 5.56. The van der Waals surface area contributed by atoms with Crippen LogP contribution in [0.4, 0.5) is 0 Å². The van der Waals surface area contributed by atoms with Gasteiger partial charge in [-0.1, -0.05) is 42.5 Å². The number of carbonyl (C=O) groups excluding carboxylic acids is 2. The normalized spacial score (nSPS) is 23.4. The van der Waals surface area contributed by atoms with E-state index in [1.165, 1.54) is 16.3 Å². The molecule has 1 aliphatic carbocycles. The number of hydrogen-bond acceptors (Lipinski definition) is 2. The van der Waals surface area contributed by atoms with Gasteiger partial charge in [0.1, 0.15) is 0 Å². The first-order valence-corrected chi connectivity index (χ1v) is 9.16. The highest BCUT2D eigenvalue weighted by molar-refractivity contribution is 5.86. The van der Waals surface area contributed by atoms with Gasteiger partial charge in [0, 0.05) is 39.0 Å². The van der Waals surface area contributed by atoms with Crippen LogP contribution in [0.1, 0.15) is 31.2 Å². The van der Waals surface area contributed by atoms with Gasteiger partial charge >= 0.3 is 0 Å². The highest BCUT2D eigenvalue weighted by Crippen LogP contribution is 2.49. The van der Waals surface area contributed by atoms with E-state index in [1.807, 2.05) is 9.80 Å². The quantitative estimate of drug-likeness (QED) is 0.846. The Labute approximate surface area is 148 Å². The molecule has 0 spiro atoms. The maximum Gasteiger partial charge on any atom is 0.226 e. The Bertz CT molecular complexity index is 816. The molecule has 25 heavy (non-hydrogen) atoms. The van der Waals surface area contributed by atoms with Crippen LogP contribution in [0.25, 0.3) is 10.8 Å². The van der Waals surface area contributed by atoms with E-state index < -0.39 is 0 Å². The second-order valence-electron chi connectivity index (χ2n) is 7.24. The van der Waals surface area contributed by atoms with Gasteiger partial charge in [0.25, 0.3) is 0 Å². The van der Waals surface area contributed by atoms with Crippen LogP contribution >= 0.6 is 0 Å². The fourth-order valence-corrected chi connectivity index (χ4v) is 3.96. The zero-order valence-electron chi connectivity index (χ0n) is 14.6. The molecule has 1 saturated heterocycles. The summed E-state index contributed by atoms with van der Waals surface area (Å²) in [6.07, 6.45) is 1.82. The second kappa shape index (κ2) is 6.51. The highest BCUT2D eigenvalue weighted by atomic mass is 16.2. The monoisotopic (exact) mass is 336 g/mol. The molecule has 2 fully saturated rings. The molecule has 0 bridgehead atoms. The van der Waals surface area contributed by atoms with E-state index in [9.17, 15) is 9.59 Å². The summed E-state index contributed by atoms with van der Waals surface area (Å²) < 4.78 is 0. The molecule has 2 aliphatic rings. The molecule has 2 atom stereocenters. The highest BCUT2D eigenvalue weighted by Gasteiger charge is 2.45. The lowest BCUT2D eigenvalue weighted by Crippen LogP contribution is -2.37. The van der Waals surface area contributed by atoms with Crippen LogP contribution in [-0.4, -0.2) is 47.8 Å². The summed E-state index contributed by atoms with van der Waals surface area (Å²) >= 11 is 0. The first kappa shape index (κ1) is 16.1. The van der Waals surface area contributed by atoms with Gasteiger partial charge in [-0.3, -0.25) is 9.59 Å². The maximum atomic E-state index is 12.9. The Hall–Kier alpha value is -2.36. The van der Waals surface area contributed by atoms with Crippen molar-refractivity contribution >= 4 is 22.6 Å². The number of carbonyl (C=O) groups is 2. The van der Waals surface area contributed by atoms with Crippen molar-refractivity contribution in [2.45, 2.75) is 25.7 Å². The molecule has 4 nitrogen and oxygen atoms in total. The topological polar surface area (TPSA) is 40.6 Å². The van der Waals surface area contributed by atoms with Gasteiger partial charge in [-0.25, -0.2) is 0 Å². The molecular weight excluding hydrogens is 312 g/mol. The molecule has 0 N–H and O–H groups in total. The van der Waals surface area contributed by atoms with Crippen LogP contribution in [0.15, 0.2) is 42.5 Å². The Kier molecular flexibility index (Phi) is 4.20. The zero-order chi connectivity index (χ0) is 17.4. The number of rotatable bonds is 2. The average molecular weight is 336 g/mol. The summed E-state index contributed by atoms with van der Waals surface area (Å²) in [6.45, 7) is 4.46. The Morgan fingerprint density at radius 3 is 2.44 bits per heavy atom. The molecule has 1 heterocycles. The van der Waals surface area contributed by atoms with E-state index in [4.69, 9.17) is 0 Å². The predicted molar refractivity (Wildman–Crippen MR) is 98.2 cm³/mol. The molecule has 4 rings (SSSR count). The van der Waals surface area contributed by atoms with Crippen molar-refractivity contribution in [1.82, 2.24) is 9.80 Å². The Balaban J connectivity index is 1.43. The summed E-state index contributed by atoms with van der Waals surface area (Å²) in [5.41, 5.74) is 1.28. The van der Waals surface area contributed by atoms with E-state index in [2.05, 4.69) is 42.5 Å². The van der Waals surface area contributed by atoms with E-state index in [0.717, 1.165) is 25.9 Å². The molecule has 2 aromatic rings. The Morgan fingerprint density at radius 2 is 1.64 bits per heavy atom. The SMILES string of the molecule is CC(=O)N1CCCN(C(=O)C2CC2c2ccc3ccccc3c2)CC1. The van der Waals surface area contributed by atoms with Crippen molar-refractivity contribution in [3.05, 3.63) is 48.0 Å². The fraction of sp³-hybridized carbons (Fsp3) is 0.429. The first-order chi connectivity index (χ1) is 12.1. The van der Waals surface area contributed by atoms with Crippen molar-refractivity contribution in [1.29, 1.82) is 0 Å². The van der Waals surface area contributed by atoms with Crippen LogP contribution in [0.5, 0.6) is 0 Å². The van der Waals surface area contributed by atoms with Crippen LogP contribution in [-0.2, 0) is 9.59 Å². The summed E-state index contributed by atoms with van der Waals surface area (Å²) in [5, 5.41) is 2.48. The van der Waals surface area contributed by atoms with Crippen molar-refractivity contribution in [2.75, 3.05) is 26.2 Å². The molecule has 2 aromatic carbocycles. The lowest BCUT2D eigenvalue weighted by molar-refractivity contribution is -0.133. The van der Waals surface area contributed by atoms with Crippen LogP contribution in [0, 0.1) is 5.92 Å². The molecule has 2 unspecified atom stereocenters. The first-order valence-electron chi connectivity index (χ1n) is 9.16. The minimum Gasteiger partial charge on any atom is -0.341 e. The largest absolute Gasteiger partial charge is 0.341 e. The summed E-state index contributed by atoms with van der Waals surface area (Å²) in [6, 6.07) is 14.9. The van der Waals surface area contributed by atoms with Crippen molar-refractivity contribution in [3.8, 4) is 0 Å². The zero-order valence-corrected chi connectivity index (χ0v) is 14.6. The number of fused-ring (bicyclic) bond motifs is 1. The third kappa shape index (κ3) is 3.26.